The summed E-state index contributed by atoms with van der Waals surface area (Å²) < 4.78 is 0.919. The molecule has 0 radical (unpaired) electrons. The molecule has 0 aromatic carbocycles. The van der Waals surface area contributed by atoms with Crippen molar-refractivity contribution in [2.75, 3.05) is 17.6 Å². The average Bonchev–Trinajstić information content (AvgIpc) is 2.59. The first-order valence-corrected chi connectivity index (χ1v) is 6.79. The Labute approximate surface area is 103 Å². The number of hydrogen-bond donors (Lipinski definition) is 1. The third-order valence-corrected chi connectivity index (χ3v) is 3.81. The third kappa shape index (κ3) is 5.39. The number of rotatable bonds is 6. The molecule has 0 aliphatic carbocycles. The first-order valence-electron chi connectivity index (χ1n) is 4.61. The van der Waals surface area contributed by atoms with Crippen LogP contribution < -0.4 is 5.32 Å². The highest BCUT2D eigenvalue weighted by Gasteiger charge is 2.04. The first kappa shape index (κ1) is 12.8. The van der Waals surface area contributed by atoms with Gasteiger partial charge in [0.2, 0.25) is 5.13 Å². The van der Waals surface area contributed by atoms with Crippen LogP contribution in [0.3, 0.4) is 0 Å². The molecule has 0 saturated carbocycles. The van der Waals surface area contributed by atoms with Crippen LogP contribution in [0, 0.1) is 5.92 Å². The van der Waals surface area contributed by atoms with Gasteiger partial charge in [-0.2, -0.15) is 0 Å². The highest BCUT2D eigenvalue weighted by molar-refractivity contribution is 8.01. The number of nitrogens with zero attached hydrogens (tertiary/aromatic N) is 2. The topological polar surface area (TPSA) is 37.8 Å². The Morgan fingerprint density at radius 3 is 2.93 bits per heavy atom. The van der Waals surface area contributed by atoms with E-state index in [1.165, 1.54) is 0 Å². The van der Waals surface area contributed by atoms with Gasteiger partial charge in [0.25, 0.3) is 0 Å². The number of nitrogens with one attached hydrogen (secondary N) is 1. The van der Waals surface area contributed by atoms with Crippen molar-refractivity contribution in [3.63, 3.8) is 0 Å². The van der Waals surface area contributed by atoms with E-state index in [0.29, 0.717) is 16.7 Å². The number of hydrogen-bond acceptors (Lipinski definition) is 5. The van der Waals surface area contributed by atoms with Gasteiger partial charge in [0.1, 0.15) is 0 Å². The average molecular weight is 264 g/mol. The summed E-state index contributed by atoms with van der Waals surface area (Å²) in [6.07, 6.45) is 0. The summed E-state index contributed by atoms with van der Waals surface area (Å²) >= 11 is 8.77. The van der Waals surface area contributed by atoms with Crippen LogP contribution in [0.15, 0.2) is 16.0 Å². The van der Waals surface area contributed by atoms with E-state index in [-0.39, 0.29) is 0 Å². The van der Waals surface area contributed by atoms with Crippen molar-refractivity contribution in [2.24, 2.45) is 5.92 Å². The van der Waals surface area contributed by atoms with Crippen LogP contribution in [-0.4, -0.2) is 22.5 Å². The van der Waals surface area contributed by atoms with Crippen molar-refractivity contribution in [2.45, 2.75) is 18.2 Å². The maximum atomic E-state index is 5.66. The summed E-state index contributed by atoms with van der Waals surface area (Å²) in [5.74, 6) is 1.29. The molecule has 0 saturated heterocycles. The fourth-order valence-electron chi connectivity index (χ4n) is 0.771. The van der Waals surface area contributed by atoms with Gasteiger partial charge in [-0.3, -0.25) is 0 Å². The molecule has 0 unspecified atom stereocenters. The zero-order valence-electron chi connectivity index (χ0n) is 8.79. The normalized spacial score (nSPS) is 10.7. The fraction of sp³-hybridized carbons (Fsp3) is 0.556. The highest BCUT2D eigenvalue weighted by Crippen LogP contribution is 2.27. The van der Waals surface area contributed by atoms with E-state index in [1.807, 2.05) is 0 Å². The predicted octanol–water partition coefficient (Wildman–Crippen LogP) is 3.45. The van der Waals surface area contributed by atoms with Crippen molar-refractivity contribution >= 4 is 39.8 Å². The molecule has 0 atom stereocenters. The van der Waals surface area contributed by atoms with Gasteiger partial charge in [-0.1, -0.05) is 55.1 Å². The number of thioether (sulfide) groups is 1. The number of anilines is 1. The third-order valence-electron chi connectivity index (χ3n) is 1.42. The van der Waals surface area contributed by atoms with Crippen molar-refractivity contribution in [1.29, 1.82) is 0 Å². The molecule has 0 aliphatic heterocycles. The summed E-state index contributed by atoms with van der Waals surface area (Å²) in [7, 11) is 0. The largest absolute Gasteiger partial charge is 0.360 e. The standard InChI is InChI=1S/C9H14ClN3S2/c1-6(2)4-11-8-12-13-9(15-8)14-5-7(3)10/h6H,3-5H2,1-2H3,(H,11,12). The number of aromatic nitrogens is 2. The molecule has 0 fully saturated rings. The van der Waals surface area contributed by atoms with Crippen LogP contribution in [0.2, 0.25) is 0 Å². The second-order valence-electron chi connectivity index (χ2n) is 3.45. The van der Waals surface area contributed by atoms with E-state index >= 15 is 0 Å². The smallest absolute Gasteiger partial charge is 0.206 e. The lowest BCUT2D eigenvalue weighted by atomic mass is 10.2. The molecule has 84 valence electrons. The molecule has 0 amide bonds. The van der Waals surface area contributed by atoms with Crippen LogP contribution in [0.5, 0.6) is 0 Å². The molecule has 1 aromatic heterocycles. The second kappa shape index (κ2) is 6.35. The summed E-state index contributed by atoms with van der Waals surface area (Å²) in [5.41, 5.74) is 0. The maximum Gasteiger partial charge on any atom is 0.206 e. The fourth-order valence-corrected chi connectivity index (χ4v) is 2.45. The minimum absolute atomic E-state index is 0.604. The molecule has 1 N–H and O–H groups in total. The lowest BCUT2D eigenvalue weighted by Crippen LogP contribution is -2.07. The highest BCUT2D eigenvalue weighted by atomic mass is 35.5. The van der Waals surface area contributed by atoms with Gasteiger partial charge in [0, 0.05) is 17.3 Å². The van der Waals surface area contributed by atoms with Crippen molar-refractivity contribution in [3.05, 3.63) is 11.6 Å². The van der Waals surface area contributed by atoms with E-state index < -0.39 is 0 Å². The van der Waals surface area contributed by atoms with E-state index in [1.54, 1.807) is 23.1 Å². The van der Waals surface area contributed by atoms with Gasteiger partial charge < -0.3 is 5.32 Å². The first-order chi connectivity index (χ1) is 7.08. The molecule has 0 bridgehead atoms. The SMILES string of the molecule is C=C(Cl)CSc1nnc(NCC(C)C)s1. The Morgan fingerprint density at radius 2 is 2.33 bits per heavy atom. The summed E-state index contributed by atoms with van der Waals surface area (Å²) in [4.78, 5) is 0. The second-order valence-corrected chi connectivity index (χ2v) is 6.19. The van der Waals surface area contributed by atoms with E-state index in [0.717, 1.165) is 16.0 Å². The van der Waals surface area contributed by atoms with E-state index in [9.17, 15) is 0 Å². The molecule has 0 spiro atoms. The molecular weight excluding hydrogens is 250 g/mol. The molecule has 1 heterocycles. The van der Waals surface area contributed by atoms with Crippen LogP contribution in [0.4, 0.5) is 5.13 Å². The van der Waals surface area contributed by atoms with Gasteiger partial charge in [-0.15, -0.1) is 10.2 Å². The van der Waals surface area contributed by atoms with Gasteiger partial charge in [-0.25, -0.2) is 0 Å². The van der Waals surface area contributed by atoms with Crippen LogP contribution >= 0.6 is 34.7 Å². The Balaban J connectivity index is 2.38. The molecule has 1 rings (SSSR count). The minimum atomic E-state index is 0.604. The van der Waals surface area contributed by atoms with Gasteiger partial charge in [0.15, 0.2) is 4.34 Å². The van der Waals surface area contributed by atoms with Crippen molar-refractivity contribution in [1.82, 2.24) is 10.2 Å². The molecule has 3 nitrogen and oxygen atoms in total. The van der Waals surface area contributed by atoms with Crippen molar-refractivity contribution in [3.8, 4) is 0 Å². The minimum Gasteiger partial charge on any atom is -0.360 e. The van der Waals surface area contributed by atoms with Crippen molar-refractivity contribution < 1.29 is 0 Å². The monoisotopic (exact) mass is 263 g/mol. The summed E-state index contributed by atoms with van der Waals surface area (Å²) in [6.45, 7) is 8.85. The molecule has 15 heavy (non-hydrogen) atoms. The zero-order chi connectivity index (χ0) is 11.3. The summed E-state index contributed by atoms with van der Waals surface area (Å²) in [5, 5.41) is 12.8. The Morgan fingerprint density at radius 1 is 1.60 bits per heavy atom. The predicted molar refractivity (Wildman–Crippen MR) is 69.0 cm³/mol. The number of halogens is 1. The van der Waals surface area contributed by atoms with Gasteiger partial charge >= 0.3 is 0 Å². The zero-order valence-corrected chi connectivity index (χ0v) is 11.2. The lowest BCUT2D eigenvalue weighted by Gasteiger charge is -2.03. The molecule has 6 heteroatoms. The molecule has 1 aromatic rings. The Bertz CT molecular complexity index is 325. The summed E-state index contributed by atoms with van der Waals surface area (Å²) in [6, 6.07) is 0. The molecule has 0 aliphatic rings. The van der Waals surface area contributed by atoms with Gasteiger partial charge in [-0.05, 0) is 5.92 Å². The molecular formula is C9H14ClN3S2. The quantitative estimate of drug-likeness (QED) is 0.798. The maximum absolute atomic E-state index is 5.66. The Hall–Kier alpha value is -0.260. The Kier molecular flexibility index (Phi) is 5.42. The van der Waals surface area contributed by atoms with E-state index in [2.05, 4.69) is 35.9 Å². The lowest BCUT2D eigenvalue weighted by molar-refractivity contribution is 0.687. The van der Waals surface area contributed by atoms with Crippen LogP contribution in [0.1, 0.15) is 13.8 Å². The van der Waals surface area contributed by atoms with Gasteiger partial charge in [0.05, 0.1) is 0 Å². The van der Waals surface area contributed by atoms with Crippen LogP contribution in [0.25, 0.3) is 0 Å². The van der Waals surface area contributed by atoms with Crippen LogP contribution in [-0.2, 0) is 0 Å². The van der Waals surface area contributed by atoms with E-state index in [4.69, 9.17) is 11.6 Å².